The van der Waals surface area contributed by atoms with Gasteiger partial charge in [-0.05, 0) is 57.3 Å². The lowest BCUT2D eigenvalue weighted by atomic mass is 10.0. The van der Waals surface area contributed by atoms with Gasteiger partial charge in [-0.25, -0.2) is 9.59 Å². The maximum absolute atomic E-state index is 12.7. The van der Waals surface area contributed by atoms with Crippen molar-refractivity contribution in [2.75, 3.05) is 13.2 Å². The van der Waals surface area contributed by atoms with Crippen molar-refractivity contribution in [3.63, 3.8) is 0 Å². The van der Waals surface area contributed by atoms with Crippen molar-refractivity contribution >= 4 is 11.9 Å². The molecule has 0 aromatic rings. The first kappa shape index (κ1) is 23.5. The fraction of sp³-hybridized carbons (Fsp3) is 0.267. The van der Waals surface area contributed by atoms with Crippen LogP contribution in [0.2, 0.25) is 0 Å². The van der Waals surface area contributed by atoms with E-state index >= 15 is 0 Å². The molecule has 4 nitrogen and oxygen atoms in total. The molecule has 0 unspecified atom stereocenters. The van der Waals surface area contributed by atoms with Gasteiger partial charge in [0.15, 0.2) is 0 Å². The number of fused-ring (bicyclic) bond motifs is 2. The molecule has 4 rings (SSSR count). The van der Waals surface area contributed by atoms with Gasteiger partial charge < -0.3 is 9.47 Å². The van der Waals surface area contributed by atoms with Crippen LogP contribution in [-0.4, -0.2) is 25.2 Å². The second kappa shape index (κ2) is 10.1. The Morgan fingerprint density at radius 1 is 0.618 bits per heavy atom. The summed E-state index contributed by atoms with van der Waals surface area (Å²) >= 11 is 0. The van der Waals surface area contributed by atoms with Gasteiger partial charge in [-0.2, -0.15) is 0 Å². The van der Waals surface area contributed by atoms with Crippen molar-refractivity contribution < 1.29 is 19.1 Å². The smallest absolute Gasteiger partial charge is 0.338 e. The SMILES string of the molecule is CC(C)c1cccc2ccc(C(=O)OCCOC(=O)c3ccc4cccc(C(C)C)cc3-4)c-2c1. The first-order chi connectivity index (χ1) is 16.3. The summed E-state index contributed by atoms with van der Waals surface area (Å²) in [6, 6.07) is 23.6. The molecule has 0 fully saturated rings. The van der Waals surface area contributed by atoms with Crippen LogP contribution in [0.15, 0.2) is 72.8 Å². The molecule has 0 radical (unpaired) electrons. The fourth-order valence-corrected chi connectivity index (χ4v) is 4.08. The second-order valence-electron chi connectivity index (χ2n) is 9.15. The van der Waals surface area contributed by atoms with Crippen molar-refractivity contribution in [3.05, 3.63) is 95.1 Å². The van der Waals surface area contributed by atoms with Crippen LogP contribution in [0.3, 0.4) is 0 Å². The van der Waals surface area contributed by atoms with Crippen molar-refractivity contribution in [2.24, 2.45) is 0 Å². The summed E-state index contributed by atoms with van der Waals surface area (Å²) < 4.78 is 10.9. The summed E-state index contributed by atoms with van der Waals surface area (Å²) in [6.07, 6.45) is 0. The predicted molar refractivity (Wildman–Crippen MR) is 135 cm³/mol. The number of esters is 2. The van der Waals surface area contributed by atoms with E-state index in [1.54, 1.807) is 12.1 Å². The van der Waals surface area contributed by atoms with Gasteiger partial charge in [0.05, 0.1) is 11.1 Å². The van der Waals surface area contributed by atoms with E-state index in [1.807, 2.05) is 48.5 Å². The molecule has 4 aliphatic carbocycles. The van der Waals surface area contributed by atoms with E-state index in [0.29, 0.717) is 23.0 Å². The van der Waals surface area contributed by atoms with Gasteiger partial charge in [0.2, 0.25) is 0 Å². The first-order valence-corrected chi connectivity index (χ1v) is 11.7. The van der Waals surface area contributed by atoms with E-state index in [9.17, 15) is 9.59 Å². The highest BCUT2D eigenvalue weighted by Gasteiger charge is 2.19. The third-order valence-electron chi connectivity index (χ3n) is 6.14. The monoisotopic (exact) mass is 454 g/mol. The topological polar surface area (TPSA) is 52.6 Å². The maximum Gasteiger partial charge on any atom is 0.338 e. The van der Waals surface area contributed by atoms with Gasteiger partial charge in [-0.15, -0.1) is 0 Å². The summed E-state index contributed by atoms with van der Waals surface area (Å²) in [7, 11) is 0. The molecule has 0 N–H and O–H groups in total. The van der Waals surface area contributed by atoms with Crippen LogP contribution in [0.1, 0.15) is 71.4 Å². The van der Waals surface area contributed by atoms with Crippen LogP contribution in [0.25, 0.3) is 22.3 Å². The molecule has 0 aliphatic heterocycles. The molecule has 174 valence electrons. The molecule has 0 saturated carbocycles. The second-order valence-corrected chi connectivity index (χ2v) is 9.15. The van der Waals surface area contributed by atoms with Crippen LogP contribution in [0, 0.1) is 0 Å². The highest BCUT2D eigenvalue weighted by Crippen LogP contribution is 2.31. The third-order valence-corrected chi connectivity index (χ3v) is 6.14. The van der Waals surface area contributed by atoms with Gasteiger partial charge in [-0.1, -0.05) is 88.4 Å². The predicted octanol–water partition coefficient (Wildman–Crippen LogP) is 7.16. The van der Waals surface area contributed by atoms with Gasteiger partial charge in [0.25, 0.3) is 0 Å². The number of carbonyl (C=O) groups is 2. The Kier molecular flexibility index (Phi) is 6.97. The zero-order chi connectivity index (χ0) is 24.2. The van der Waals surface area contributed by atoms with Crippen LogP contribution >= 0.6 is 0 Å². The molecule has 34 heavy (non-hydrogen) atoms. The van der Waals surface area contributed by atoms with Gasteiger partial charge in [-0.3, -0.25) is 0 Å². The molecule has 0 heterocycles. The highest BCUT2D eigenvalue weighted by atomic mass is 16.6. The summed E-state index contributed by atoms with van der Waals surface area (Å²) in [5.74, 6) is -0.140. The number of rotatable bonds is 7. The van der Waals surface area contributed by atoms with Crippen LogP contribution in [0.5, 0.6) is 0 Å². The number of hydrogen-bond donors (Lipinski definition) is 0. The molecule has 0 bridgehead atoms. The zero-order valence-corrected chi connectivity index (χ0v) is 20.1. The first-order valence-electron chi connectivity index (χ1n) is 11.7. The highest BCUT2D eigenvalue weighted by molar-refractivity contribution is 6.00. The molecular weight excluding hydrogens is 424 g/mol. The zero-order valence-electron chi connectivity index (χ0n) is 20.1. The third kappa shape index (κ3) is 4.96. The minimum absolute atomic E-state index is 0.00307. The van der Waals surface area contributed by atoms with Crippen molar-refractivity contribution in [1.82, 2.24) is 0 Å². The molecule has 0 aromatic carbocycles. The largest absolute Gasteiger partial charge is 0.458 e. The normalized spacial score (nSPS) is 11.4. The molecule has 0 spiro atoms. The molecule has 0 amide bonds. The molecule has 4 aliphatic rings. The minimum Gasteiger partial charge on any atom is -0.458 e. The Morgan fingerprint density at radius 2 is 1.03 bits per heavy atom. The summed E-state index contributed by atoms with van der Waals surface area (Å²) in [5.41, 5.74) is 7.07. The van der Waals surface area contributed by atoms with E-state index in [1.165, 1.54) is 0 Å². The van der Waals surface area contributed by atoms with Crippen LogP contribution in [-0.2, 0) is 9.47 Å². The molecule has 4 heteroatoms. The number of ether oxygens (including phenoxy) is 2. The van der Waals surface area contributed by atoms with E-state index < -0.39 is 11.9 Å². The van der Waals surface area contributed by atoms with Gasteiger partial charge >= 0.3 is 11.9 Å². The minimum atomic E-state index is -0.417. The van der Waals surface area contributed by atoms with Crippen molar-refractivity contribution in [3.8, 4) is 22.3 Å². The fourth-order valence-electron chi connectivity index (χ4n) is 4.08. The number of hydrogen-bond acceptors (Lipinski definition) is 4. The van der Waals surface area contributed by atoms with E-state index in [2.05, 4.69) is 39.8 Å². The van der Waals surface area contributed by atoms with E-state index in [0.717, 1.165) is 33.4 Å². The Bertz CT molecular complexity index is 1160. The Hall–Kier alpha value is -3.66. The van der Waals surface area contributed by atoms with E-state index in [4.69, 9.17) is 9.47 Å². The standard InChI is InChI=1S/C30H30O4/c1-19(2)23-9-5-7-21-11-13-25(27(21)17-23)29(31)33-15-16-34-30(32)26-14-12-22-8-6-10-24(20(3)4)18-28(22)26/h5-14,17-20H,15-16H2,1-4H3. The molecule has 0 aromatic heterocycles. The van der Waals surface area contributed by atoms with Crippen LogP contribution < -0.4 is 0 Å². The average molecular weight is 455 g/mol. The molecular formula is C30H30O4. The van der Waals surface area contributed by atoms with Crippen LogP contribution in [0.4, 0.5) is 0 Å². The molecule has 0 atom stereocenters. The van der Waals surface area contributed by atoms with Gasteiger partial charge in [0.1, 0.15) is 13.2 Å². The average Bonchev–Trinajstić information content (AvgIpc) is 3.23. The summed E-state index contributed by atoms with van der Waals surface area (Å²) in [4.78, 5) is 25.4. The lowest BCUT2D eigenvalue weighted by Crippen LogP contribution is -2.14. The summed E-state index contributed by atoms with van der Waals surface area (Å²) in [5, 5.41) is 0. The quantitative estimate of drug-likeness (QED) is 0.220. The lowest BCUT2D eigenvalue weighted by Gasteiger charge is -2.08. The lowest BCUT2D eigenvalue weighted by molar-refractivity contribution is 0.0267. The van der Waals surface area contributed by atoms with Gasteiger partial charge in [0, 0.05) is 0 Å². The van der Waals surface area contributed by atoms with E-state index in [-0.39, 0.29) is 13.2 Å². The Balaban J connectivity index is 1.39. The Labute approximate surface area is 201 Å². The number of carbonyl (C=O) groups excluding carboxylic acids is 2. The maximum atomic E-state index is 12.7. The van der Waals surface area contributed by atoms with Crippen molar-refractivity contribution in [1.29, 1.82) is 0 Å². The summed E-state index contributed by atoms with van der Waals surface area (Å²) in [6.45, 7) is 8.48. The Morgan fingerprint density at radius 3 is 1.41 bits per heavy atom. The molecule has 0 saturated heterocycles. The van der Waals surface area contributed by atoms with Crippen molar-refractivity contribution in [2.45, 2.75) is 39.5 Å².